The number of pyridine rings is 1. The molecule has 0 radical (unpaired) electrons. The highest BCUT2D eigenvalue weighted by atomic mass is 19.1. The number of ether oxygens (including phenoxy) is 3. The van der Waals surface area contributed by atoms with Crippen LogP contribution >= 0.6 is 0 Å². The molecule has 1 aliphatic carbocycles. The third-order valence-electron chi connectivity index (χ3n) is 8.18. The quantitative estimate of drug-likeness (QED) is 0.224. The van der Waals surface area contributed by atoms with Crippen LogP contribution in [0.2, 0.25) is 0 Å². The van der Waals surface area contributed by atoms with Crippen LogP contribution in [0.4, 0.5) is 8.78 Å². The highest BCUT2D eigenvalue weighted by molar-refractivity contribution is 5.71. The highest BCUT2D eigenvalue weighted by Gasteiger charge is 2.37. The maximum Gasteiger partial charge on any atom is 0.306 e. The average Bonchev–Trinajstić information content (AvgIpc) is 3.30. The largest absolute Gasteiger partial charge is 0.489 e. The third kappa shape index (κ3) is 6.62. The Kier molecular flexibility index (Phi) is 9.44. The molecular formula is C33H39F2NO4. The molecule has 0 unspecified atom stereocenters. The number of benzene rings is 2. The van der Waals surface area contributed by atoms with Gasteiger partial charge >= 0.3 is 5.97 Å². The summed E-state index contributed by atoms with van der Waals surface area (Å²) < 4.78 is 46.8. The second-order valence-electron chi connectivity index (χ2n) is 11.3. The van der Waals surface area contributed by atoms with Crippen LogP contribution in [0.15, 0.2) is 48.7 Å². The van der Waals surface area contributed by atoms with Crippen molar-refractivity contribution in [3.8, 4) is 22.8 Å². The number of rotatable bonds is 11. The van der Waals surface area contributed by atoms with E-state index in [-0.39, 0.29) is 41.3 Å². The average molecular weight is 552 g/mol. The van der Waals surface area contributed by atoms with E-state index in [4.69, 9.17) is 14.2 Å². The van der Waals surface area contributed by atoms with E-state index in [0.29, 0.717) is 23.3 Å². The normalized spacial score (nSPS) is 16.9. The van der Waals surface area contributed by atoms with Gasteiger partial charge in [0, 0.05) is 17.2 Å². The summed E-state index contributed by atoms with van der Waals surface area (Å²) in [6.45, 7) is 6.52. The SMILES string of the molecule is CCC[C@@H](CC(=O)OC)c1cccc(OCc2cc([C@H]3CCCC3(C)C)c(-c3cc(OC)ncc3F)cc2F)c1. The zero-order valence-electron chi connectivity index (χ0n) is 24.1. The van der Waals surface area contributed by atoms with Crippen LogP contribution in [0.3, 0.4) is 0 Å². The topological polar surface area (TPSA) is 57.7 Å². The van der Waals surface area contributed by atoms with E-state index in [0.717, 1.165) is 49.4 Å². The van der Waals surface area contributed by atoms with Crippen molar-refractivity contribution in [1.82, 2.24) is 4.98 Å². The minimum atomic E-state index is -0.522. The van der Waals surface area contributed by atoms with Gasteiger partial charge in [0.05, 0.1) is 26.8 Å². The van der Waals surface area contributed by atoms with Crippen molar-refractivity contribution < 1.29 is 27.8 Å². The van der Waals surface area contributed by atoms with Crippen molar-refractivity contribution in [1.29, 1.82) is 0 Å². The zero-order valence-corrected chi connectivity index (χ0v) is 24.1. The summed E-state index contributed by atoms with van der Waals surface area (Å²) in [7, 11) is 2.87. The second kappa shape index (κ2) is 12.8. The summed E-state index contributed by atoms with van der Waals surface area (Å²) in [6, 6.07) is 12.4. The molecule has 0 N–H and O–H groups in total. The number of hydrogen-bond acceptors (Lipinski definition) is 5. The maximum absolute atomic E-state index is 15.6. The van der Waals surface area contributed by atoms with Crippen LogP contribution < -0.4 is 9.47 Å². The summed E-state index contributed by atoms with van der Waals surface area (Å²) in [4.78, 5) is 15.9. The lowest BCUT2D eigenvalue weighted by atomic mass is 9.75. The molecule has 0 saturated heterocycles. The van der Waals surface area contributed by atoms with E-state index in [2.05, 4.69) is 25.8 Å². The molecule has 1 heterocycles. The number of hydrogen-bond donors (Lipinski definition) is 0. The van der Waals surface area contributed by atoms with Gasteiger partial charge in [-0.05, 0) is 77.5 Å². The number of carbonyl (C=O) groups excluding carboxylic acids is 1. The molecule has 0 aliphatic heterocycles. The Hall–Kier alpha value is -3.48. The van der Waals surface area contributed by atoms with Crippen molar-refractivity contribution in [2.45, 2.75) is 77.7 Å². The highest BCUT2D eigenvalue weighted by Crippen LogP contribution is 2.51. The number of esters is 1. The predicted octanol–water partition coefficient (Wildman–Crippen LogP) is 8.35. The Morgan fingerprint density at radius 1 is 1.10 bits per heavy atom. The molecule has 7 heteroatoms. The number of nitrogens with zero attached hydrogens (tertiary/aromatic N) is 1. The zero-order chi connectivity index (χ0) is 28.9. The van der Waals surface area contributed by atoms with Gasteiger partial charge in [0.1, 0.15) is 24.0 Å². The first-order chi connectivity index (χ1) is 19.2. The van der Waals surface area contributed by atoms with Gasteiger partial charge in [-0.15, -0.1) is 0 Å². The summed E-state index contributed by atoms with van der Waals surface area (Å²) in [5, 5.41) is 0. The van der Waals surface area contributed by atoms with Crippen molar-refractivity contribution >= 4 is 5.97 Å². The number of methoxy groups -OCH3 is 2. The van der Waals surface area contributed by atoms with Crippen molar-refractivity contribution in [2.24, 2.45) is 5.41 Å². The molecule has 0 spiro atoms. The van der Waals surface area contributed by atoms with E-state index in [9.17, 15) is 4.79 Å². The summed E-state index contributed by atoms with van der Waals surface area (Å²) in [5.74, 6) is -0.217. The van der Waals surface area contributed by atoms with E-state index >= 15 is 8.78 Å². The maximum atomic E-state index is 15.6. The standard InChI is InChI=1S/C33H39F2NO4/c1-6-9-21(16-32(37)39-5)22-10-7-11-24(14-22)40-20-23-15-26(28-12-8-13-33(28,2)3)25(17-29(23)34)27-18-31(38-4)36-19-30(27)35/h7,10-11,14-15,17-19,21,28H,6,8-9,12-13,16,20H2,1-5H3/t21-,28+/m0/s1. The first-order valence-electron chi connectivity index (χ1n) is 14.0. The van der Waals surface area contributed by atoms with Gasteiger partial charge in [0.25, 0.3) is 0 Å². The van der Waals surface area contributed by atoms with Gasteiger partial charge < -0.3 is 14.2 Å². The Bertz CT molecular complexity index is 1340. The number of aromatic nitrogens is 1. The molecule has 3 aromatic rings. The van der Waals surface area contributed by atoms with Crippen LogP contribution in [0.1, 0.15) is 87.8 Å². The number of carbonyl (C=O) groups is 1. The molecule has 0 amide bonds. The van der Waals surface area contributed by atoms with Gasteiger partial charge in [0.15, 0.2) is 0 Å². The molecule has 2 aromatic carbocycles. The first kappa shape index (κ1) is 29.5. The van der Waals surface area contributed by atoms with E-state index in [1.165, 1.54) is 26.4 Å². The van der Waals surface area contributed by atoms with Crippen LogP contribution in [0, 0.1) is 17.0 Å². The summed E-state index contributed by atoms with van der Waals surface area (Å²) in [5.41, 5.74) is 3.08. The van der Waals surface area contributed by atoms with Gasteiger partial charge in [-0.1, -0.05) is 45.7 Å². The van der Waals surface area contributed by atoms with Crippen LogP contribution in [-0.4, -0.2) is 25.2 Å². The Morgan fingerprint density at radius 3 is 2.58 bits per heavy atom. The molecular weight excluding hydrogens is 512 g/mol. The molecule has 5 nitrogen and oxygen atoms in total. The second-order valence-corrected chi connectivity index (χ2v) is 11.3. The van der Waals surface area contributed by atoms with Crippen LogP contribution in [0.5, 0.6) is 11.6 Å². The smallest absolute Gasteiger partial charge is 0.306 e. The van der Waals surface area contributed by atoms with Gasteiger partial charge in [-0.25, -0.2) is 13.8 Å². The van der Waals surface area contributed by atoms with Gasteiger partial charge in [0.2, 0.25) is 5.88 Å². The predicted molar refractivity (Wildman–Crippen MR) is 152 cm³/mol. The van der Waals surface area contributed by atoms with Crippen molar-refractivity contribution in [2.75, 3.05) is 14.2 Å². The van der Waals surface area contributed by atoms with E-state index in [1.807, 2.05) is 30.3 Å². The van der Waals surface area contributed by atoms with Crippen molar-refractivity contribution in [3.63, 3.8) is 0 Å². The number of halogens is 2. The summed E-state index contributed by atoms with van der Waals surface area (Å²) >= 11 is 0. The van der Waals surface area contributed by atoms with E-state index in [1.54, 1.807) is 0 Å². The van der Waals surface area contributed by atoms with E-state index < -0.39 is 11.6 Å². The molecule has 214 valence electrons. The summed E-state index contributed by atoms with van der Waals surface area (Å²) in [6.07, 6.45) is 6.21. The van der Waals surface area contributed by atoms with Gasteiger partial charge in [-0.2, -0.15) is 0 Å². The lowest BCUT2D eigenvalue weighted by molar-refractivity contribution is -0.141. The minimum absolute atomic E-state index is 0.0133. The Morgan fingerprint density at radius 2 is 1.90 bits per heavy atom. The molecule has 1 fully saturated rings. The third-order valence-corrected chi connectivity index (χ3v) is 8.18. The monoisotopic (exact) mass is 551 g/mol. The molecule has 40 heavy (non-hydrogen) atoms. The molecule has 0 bridgehead atoms. The van der Waals surface area contributed by atoms with Crippen molar-refractivity contribution in [3.05, 3.63) is 77.0 Å². The fourth-order valence-electron chi connectivity index (χ4n) is 5.95. The van der Waals surface area contributed by atoms with Gasteiger partial charge in [-0.3, -0.25) is 4.79 Å². The molecule has 2 atom stereocenters. The molecule has 4 rings (SSSR count). The lowest BCUT2D eigenvalue weighted by Crippen LogP contribution is -2.17. The lowest BCUT2D eigenvalue weighted by Gasteiger charge is -2.30. The Labute approximate surface area is 235 Å². The van der Waals surface area contributed by atoms with Crippen LogP contribution in [0.25, 0.3) is 11.1 Å². The molecule has 1 saturated carbocycles. The fraction of sp³-hybridized carbons (Fsp3) is 0.455. The first-order valence-corrected chi connectivity index (χ1v) is 14.0. The molecule has 1 aromatic heterocycles. The minimum Gasteiger partial charge on any atom is -0.489 e. The fourth-order valence-corrected chi connectivity index (χ4v) is 5.95. The Balaban J connectivity index is 1.67. The molecule has 1 aliphatic rings. The van der Waals surface area contributed by atoms with Crippen LogP contribution in [-0.2, 0) is 16.1 Å².